The molecule has 0 aliphatic carbocycles. The number of aromatic nitrogens is 2. The first-order valence-corrected chi connectivity index (χ1v) is 6.49. The number of methoxy groups -OCH3 is 1. The molecule has 0 unspecified atom stereocenters. The Morgan fingerprint density at radius 1 is 1.43 bits per heavy atom. The Labute approximate surface area is 122 Å². The fourth-order valence-corrected chi connectivity index (χ4v) is 2.20. The maximum atomic E-state index is 11.1. The highest BCUT2D eigenvalue weighted by Gasteiger charge is 2.16. The third-order valence-electron chi connectivity index (χ3n) is 3.51. The summed E-state index contributed by atoms with van der Waals surface area (Å²) in [6, 6.07) is 4.63. The lowest BCUT2D eigenvalue weighted by Crippen LogP contribution is -2.05. The van der Waals surface area contributed by atoms with Crippen LogP contribution < -0.4 is 10.1 Å². The van der Waals surface area contributed by atoms with Crippen LogP contribution in [0.2, 0.25) is 0 Å². The lowest BCUT2D eigenvalue weighted by atomic mass is 10.2. The molecule has 0 aliphatic heterocycles. The zero-order valence-electron chi connectivity index (χ0n) is 12.5. The zero-order chi connectivity index (χ0) is 15.6. The Hall–Kier alpha value is -2.57. The van der Waals surface area contributed by atoms with E-state index in [0.29, 0.717) is 18.0 Å². The molecule has 0 spiro atoms. The molecule has 0 atom stereocenters. The van der Waals surface area contributed by atoms with E-state index in [-0.39, 0.29) is 5.69 Å². The van der Waals surface area contributed by atoms with Gasteiger partial charge >= 0.3 is 0 Å². The van der Waals surface area contributed by atoms with Crippen LogP contribution in [-0.4, -0.2) is 21.8 Å². The molecule has 21 heavy (non-hydrogen) atoms. The minimum absolute atomic E-state index is 0.0231. The van der Waals surface area contributed by atoms with E-state index in [1.54, 1.807) is 16.8 Å². The van der Waals surface area contributed by atoms with Gasteiger partial charge in [0.1, 0.15) is 11.4 Å². The number of rotatable bonds is 5. The van der Waals surface area contributed by atoms with E-state index >= 15 is 0 Å². The quantitative estimate of drug-likeness (QED) is 0.676. The Balaban J connectivity index is 2.28. The molecule has 1 N–H and O–H groups in total. The van der Waals surface area contributed by atoms with Gasteiger partial charge in [-0.05, 0) is 19.9 Å². The number of nitrogens with one attached hydrogen (secondary N) is 1. The average molecular weight is 290 g/mol. The van der Waals surface area contributed by atoms with Crippen molar-refractivity contribution in [2.24, 2.45) is 7.05 Å². The van der Waals surface area contributed by atoms with Crippen LogP contribution in [0.5, 0.6) is 5.75 Å². The van der Waals surface area contributed by atoms with Crippen LogP contribution in [-0.2, 0) is 13.6 Å². The van der Waals surface area contributed by atoms with Crippen molar-refractivity contribution in [1.82, 2.24) is 9.78 Å². The fourth-order valence-electron chi connectivity index (χ4n) is 2.20. The molecule has 2 aromatic rings. The number of nitro groups is 1. The first kappa shape index (κ1) is 14.8. The third kappa shape index (κ3) is 2.96. The topological polar surface area (TPSA) is 82.2 Å². The minimum atomic E-state index is -0.412. The highest BCUT2D eigenvalue weighted by molar-refractivity contribution is 5.64. The maximum absolute atomic E-state index is 11.1. The molecule has 1 aromatic carbocycles. The lowest BCUT2D eigenvalue weighted by molar-refractivity contribution is -0.384. The van der Waals surface area contributed by atoms with Crippen molar-refractivity contribution >= 4 is 11.4 Å². The van der Waals surface area contributed by atoms with Gasteiger partial charge in [0, 0.05) is 37.0 Å². The van der Waals surface area contributed by atoms with Crippen molar-refractivity contribution in [2.45, 2.75) is 20.4 Å². The van der Waals surface area contributed by atoms with Crippen molar-refractivity contribution < 1.29 is 9.66 Å². The molecule has 0 bridgehead atoms. The molecule has 0 saturated heterocycles. The summed E-state index contributed by atoms with van der Waals surface area (Å²) < 4.78 is 6.91. The second-order valence-electron chi connectivity index (χ2n) is 4.77. The van der Waals surface area contributed by atoms with E-state index in [0.717, 1.165) is 17.0 Å². The van der Waals surface area contributed by atoms with Crippen LogP contribution in [0.15, 0.2) is 18.2 Å². The van der Waals surface area contributed by atoms with E-state index < -0.39 is 4.92 Å². The van der Waals surface area contributed by atoms with Gasteiger partial charge < -0.3 is 10.1 Å². The number of hydrogen-bond donors (Lipinski definition) is 1. The summed E-state index contributed by atoms with van der Waals surface area (Å²) in [6.07, 6.45) is 0. The van der Waals surface area contributed by atoms with Gasteiger partial charge in [0.05, 0.1) is 17.7 Å². The third-order valence-corrected chi connectivity index (χ3v) is 3.51. The highest BCUT2D eigenvalue weighted by atomic mass is 16.6. The van der Waals surface area contributed by atoms with Crippen molar-refractivity contribution in [3.05, 3.63) is 45.3 Å². The van der Waals surface area contributed by atoms with E-state index in [1.807, 2.05) is 20.9 Å². The molecule has 7 nitrogen and oxygen atoms in total. The van der Waals surface area contributed by atoms with Crippen molar-refractivity contribution in [3.63, 3.8) is 0 Å². The molecular formula is C14H18N4O3. The Morgan fingerprint density at radius 2 is 2.14 bits per heavy atom. The van der Waals surface area contributed by atoms with Crippen molar-refractivity contribution in [1.29, 1.82) is 0 Å². The first-order valence-electron chi connectivity index (χ1n) is 6.49. The number of aryl methyl sites for hydroxylation is 2. The summed E-state index contributed by atoms with van der Waals surface area (Å²) in [6.45, 7) is 4.36. The monoisotopic (exact) mass is 290 g/mol. The predicted molar refractivity (Wildman–Crippen MR) is 79.7 cm³/mol. The van der Waals surface area contributed by atoms with E-state index in [1.165, 1.54) is 13.2 Å². The molecule has 0 radical (unpaired) electrons. The summed E-state index contributed by atoms with van der Waals surface area (Å²) in [5.41, 5.74) is 3.44. The second-order valence-corrected chi connectivity index (χ2v) is 4.77. The molecular weight excluding hydrogens is 272 g/mol. The van der Waals surface area contributed by atoms with Crippen molar-refractivity contribution in [3.8, 4) is 5.75 Å². The van der Waals surface area contributed by atoms with Crippen molar-refractivity contribution in [2.75, 3.05) is 12.4 Å². The molecule has 2 rings (SSSR count). The van der Waals surface area contributed by atoms with Crippen LogP contribution in [0, 0.1) is 24.0 Å². The van der Waals surface area contributed by atoms with Crippen LogP contribution in [0.4, 0.5) is 11.4 Å². The number of anilines is 1. The SMILES string of the molecule is COc1ccc([N+](=O)[O-])c(NCc2c(C)nn(C)c2C)c1. The van der Waals surface area contributed by atoms with Gasteiger partial charge in [-0.2, -0.15) is 5.10 Å². The van der Waals surface area contributed by atoms with Crippen LogP contribution in [0.25, 0.3) is 0 Å². The first-order chi connectivity index (χ1) is 9.93. The van der Waals surface area contributed by atoms with Gasteiger partial charge in [0.15, 0.2) is 0 Å². The number of nitro benzene ring substituents is 1. The zero-order valence-corrected chi connectivity index (χ0v) is 12.5. The van der Waals surface area contributed by atoms with Crippen LogP contribution >= 0.6 is 0 Å². The molecule has 1 aromatic heterocycles. The summed E-state index contributed by atoms with van der Waals surface area (Å²) in [4.78, 5) is 10.7. The number of ether oxygens (including phenoxy) is 1. The molecule has 7 heteroatoms. The smallest absolute Gasteiger partial charge is 0.292 e. The molecule has 0 amide bonds. The fraction of sp³-hybridized carbons (Fsp3) is 0.357. The van der Waals surface area contributed by atoms with E-state index in [4.69, 9.17) is 4.74 Å². The molecule has 0 saturated carbocycles. The molecule has 0 fully saturated rings. The van der Waals surface area contributed by atoms with Gasteiger partial charge in [-0.15, -0.1) is 0 Å². The Morgan fingerprint density at radius 3 is 2.67 bits per heavy atom. The minimum Gasteiger partial charge on any atom is -0.497 e. The van der Waals surface area contributed by atoms with Gasteiger partial charge in [0.25, 0.3) is 5.69 Å². The number of nitrogens with zero attached hydrogens (tertiary/aromatic N) is 3. The standard InChI is InChI=1S/C14H18N4O3/c1-9-12(10(2)17(3)16-9)8-15-13-7-11(21-4)5-6-14(13)18(19)20/h5-7,15H,8H2,1-4H3. The van der Waals surface area contributed by atoms with Gasteiger partial charge in [-0.25, -0.2) is 0 Å². The van der Waals surface area contributed by atoms with Gasteiger partial charge in [-0.1, -0.05) is 0 Å². The summed E-state index contributed by atoms with van der Waals surface area (Å²) in [5, 5.41) is 18.5. The maximum Gasteiger partial charge on any atom is 0.292 e. The molecule has 1 heterocycles. The lowest BCUT2D eigenvalue weighted by Gasteiger charge is -2.09. The Kier molecular flexibility index (Phi) is 4.11. The van der Waals surface area contributed by atoms with Gasteiger partial charge in [0.2, 0.25) is 0 Å². The highest BCUT2D eigenvalue weighted by Crippen LogP contribution is 2.29. The second kappa shape index (κ2) is 5.82. The average Bonchev–Trinajstić information content (AvgIpc) is 2.69. The van der Waals surface area contributed by atoms with E-state index in [2.05, 4.69) is 10.4 Å². The van der Waals surface area contributed by atoms with Crippen LogP contribution in [0.1, 0.15) is 17.0 Å². The van der Waals surface area contributed by atoms with Crippen LogP contribution in [0.3, 0.4) is 0 Å². The summed E-state index contributed by atoms with van der Waals surface area (Å²) in [5.74, 6) is 0.572. The molecule has 112 valence electrons. The van der Waals surface area contributed by atoms with E-state index in [9.17, 15) is 10.1 Å². The molecule has 0 aliphatic rings. The number of hydrogen-bond acceptors (Lipinski definition) is 5. The van der Waals surface area contributed by atoms with Gasteiger partial charge in [-0.3, -0.25) is 14.8 Å². The normalized spacial score (nSPS) is 10.5. The summed E-state index contributed by atoms with van der Waals surface area (Å²) in [7, 11) is 3.40. The summed E-state index contributed by atoms with van der Waals surface area (Å²) >= 11 is 0. The largest absolute Gasteiger partial charge is 0.497 e. The Bertz CT molecular complexity index is 679. The predicted octanol–water partition coefficient (Wildman–Crippen LogP) is 2.57. The number of benzene rings is 1.